The highest BCUT2D eigenvalue weighted by molar-refractivity contribution is 7.92. The number of hydrogen-bond acceptors (Lipinski definition) is 3. The second-order valence-corrected chi connectivity index (χ2v) is 10.1. The van der Waals surface area contributed by atoms with Gasteiger partial charge in [0.1, 0.15) is 6.04 Å². The maximum absolute atomic E-state index is 14.2. The van der Waals surface area contributed by atoms with E-state index in [4.69, 9.17) is 11.6 Å². The summed E-state index contributed by atoms with van der Waals surface area (Å²) in [6.45, 7) is 0.188. The van der Waals surface area contributed by atoms with E-state index in [2.05, 4.69) is 0 Å². The number of hydrogen-bond donors (Lipinski definition) is 1. The highest BCUT2D eigenvalue weighted by Crippen LogP contribution is 2.38. The minimum Gasteiger partial charge on any atom is -0.343 e. The number of nitrogens with zero attached hydrogens (tertiary/aromatic N) is 2. The summed E-state index contributed by atoms with van der Waals surface area (Å²) >= 11 is 5.93. The number of benzene rings is 3. The van der Waals surface area contributed by atoms with Gasteiger partial charge < -0.3 is 4.57 Å². The Morgan fingerprint density at radius 1 is 1.06 bits per heavy atom. The third-order valence-corrected chi connectivity index (χ3v) is 6.78. The van der Waals surface area contributed by atoms with E-state index in [0.717, 1.165) is 5.56 Å². The fourth-order valence-electron chi connectivity index (χ4n) is 3.78. The lowest BCUT2D eigenvalue weighted by Crippen LogP contribution is -2.37. The summed E-state index contributed by atoms with van der Waals surface area (Å²) in [5.74, 6) is 0. The summed E-state index contributed by atoms with van der Waals surface area (Å²) in [5.41, 5.74) is 1.65. The zero-order valence-electron chi connectivity index (χ0n) is 18.6. The third kappa shape index (κ3) is 5.97. The van der Waals surface area contributed by atoms with Crippen molar-refractivity contribution >= 4 is 38.6 Å². The van der Waals surface area contributed by atoms with E-state index in [1.54, 1.807) is 63.9 Å². The molecule has 1 N–H and O–H groups in total. The van der Waals surface area contributed by atoms with E-state index in [9.17, 15) is 26.9 Å². The van der Waals surface area contributed by atoms with Crippen LogP contribution in [0.4, 0.5) is 13.2 Å². The Balaban J connectivity index is 1.77. The van der Waals surface area contributed by atoms with Crippen molar-refractivity contribution in [2.24, 2.45) is 0 Å². The molecule has 4 aromatic rings. The van der Waals surface area contributed by atoms with Crippen LogP contribution in [0.15, 0.2) is 84.4 Å². The van der Waals surface area contributed by atoms with Gasteiger partial charge in [-0.15, -0.1) is 0 Å². The summed E-state index contributed by atoms with van der Waals surface area (Å²) < 4.78 is 71.3. The van der Waals surface area contributed by atoms with Crippen molar-refractivity contribution in [2.45, 2.75) is 18.8 Å². The minimum absolute atomic E-state index is 0.181. The molecule has 5 nitrogen and oxygen atoms in total. The van der Waals surface area contributed by atoms with Crippen molar-refractivity contribution in [1.82, 2.24) is 9.29 Å². The molecule has 1 atom stereocenters. The second kappa shape index (κ2) is 10.2. The van der Waals surface area contributed by atoms with Crippen LogP contribution in [0.3, 0.4) is 0 Å². The monoisotopic (exact) mass is 529 g/mol. The molecule has 0 bridgehead atoms. The summed E-state index contributed by atoms with van der Waals surface area (Å²) in [7, 11) is -4.47. The molecule has 0 radical (unpaired) electrons. The number of sulfonamides is 1. The lowest BCUT2D eigenvalue weighted by Gasteiger charge is -2.20. The van der Waals surface area contributed by atoms with Gasteiger partial charge in [-0.1, -0.05) is 60.1 Å². The Bertz CT molecular complexity index is 1560. The Hall–Kier alpha value is -3.58. The van der Waals surface area contributed by atoms with Gasteiger partial charge in [-0.2, -0.15) is 23.2 Å². The van der Waals surface area contributed by atoms with Crippen LogP contribution in [0.5, 0.6) is 0 Å². The third-order valence-electron chi connectivity index (χ3n) is 5.47. The number of rotatable bonds is 7. The standard InChI is InChI=1S/C26H19ClF3N3O2S/c27-21-9-6-19(7-10-21)16-33-17-23(22-11-8-20(15-31)14-24(22)33)25(26(28,29)30)32-36(34,35)13-12-18-4-2-1-3-5-18/h1-14,17,25,32H,16H2/b13-12+. The molecular weight excluding hydrogens is 511 g/mol. The van der Waals surface area contributed by atoms with Crippen LogP contribution in [0.25, 0.3) is 17.0 Å². The minimum atomic E-state index is -4.93. The molecule has 0 saturated carbocycles. The maximum atomic E-state index is 14.2. The second-order valence-electron chi connectivity index (χ2n) is 8.03. The molecule has 0 amide bonds. The zero-order chi connectivity index (χ0) is 25.9. The first-order valence-electron chi connectivity index (χ1n) is 10.7. The molecule has 184 valence electrons. The predicted octanol–water partition coefficient (Wildman–Crippen LogP) is 6.41. The van der Waals surface area contributed by atoms with E-state index in [0.29, 0.717) is 21.5 Å². The average molecular weight is 530 g/mol. The van der Waals surface area contributed by atoms with Crippen molar-refractivity contribution in [3.63, 3.8) is 0 Å². The van der Waals surface area contributed by atoms with Gasteiger partial charge in [-0.05, 0) is 41.5 Å². The number of fused-ring (bicyclic) bond motifs is 1. The smallest absolute Gasteiger partial charge is 0.343 e. The molecule has 0 spiro atoms. The molecule has 0 aliphatic heterocycles. The fourth-order valence-corrected chi connectivity index (χ4v) is 4.91. The first-order valence-corrected chi connectivity index (χ1v) is 12.6. The molecule has 3 aromatic carbocycles. The molecular formula is C26H19ClF3N3O2S. The molecule has 0 saturated heterocycles. The van der Waals surface area contributed by atoms with Gasteiger partial charge in [0.05, 0.1) is 11.6 Å². The van der Waals surface area contributed by atoms with Gasteiger partial charge in [-0.25, -0.2) is 8.42 Å². The van der Waals surface area contributed by atoms with Crippen molar-refractivity contribution in [3.05, 3.63) is 112 Å². The van der Waals surface area contributed by atoms with E-state index in [1.165, 1.54) is 30.5 Å². The van der Waals surface area contributed by atoms with E-state index in [1.807, 2.05) is 6.07 Å². The largest absolute Gasteiger partial charge is 0.408 e. The summed E-state index contributed by atoms with van der Waals surface area (Å²) in [5, 5.41) is 10.7. The number of halogens is 4. The van der Waals surface area contributed by atoms with Crippen molar-refractivity contribution in [3.8, 4) is 6.07 Å². The van der Waals surface area contributed by atoms with Crippen LogP contribution in [-0.4, -0.2) is 19.2 Å². The topological polar surface area (TPSA) is 74.9 Å². The molecule has 0 fully saturated rings. The Labute approximate surface area is 211 Å². The number of alkyl halides is 3. The van der Waals surface area contributed by atoms with E-state index < -0.39 is 22.2 Å². The molecule has 1 aromatic heterocycles. The fraction of sp³-hybridized carbons (Fsp3) is 0.115. The quantitative estimate of drug-likeness (QED) is 0.301. The lowest BCUT2D eigenvalue weighted by molar-refractivity contribution is -0.152. The molecule has 1 heterocycles. The van der Waals surface area contributed by atoms with Gasteiger partial charge in [-0.3, -0.25) is 0 Å². The highest BCUT2D eigenvalue weighted by Gasteiger charge is 2.44. The van der Waals surface area contributed by atoms with Crippen LogP contribution in [0.1, 0.15) is 28.3 Å². The van der Waals surface area contributed by atoms with Crippen LogP contribution < -0.4 is 4.72 Å². The summed E-state index contributed by atoms with van der Waals surface area (Å²) in [6, 6.07) is 18.9. The number of nitriles is 1. The van der Waals surface area contributed by atoms with Gasteiger partial charge in [0.15, 0.2) is 0 Å². The molecule has 4 rings (SSSR count). The zero-order valence-corrected chi connectivity index (χ0v) is 20.1. The highest BCUT2D eigenvalue weighted by atomic mass is 35.5. The molecule has 1 unspecified atom stereocenters. The van der Waals surface area contributed by atoms with Gasteiger partial charge >= 0.3 is 6.18 Å². The van der Waals surface area contributed by atoms with E-state index >= 15 is 0 Å². The first-order chi connectivity index (χ1) is 17.1. The average Bonchev–Trinajstić information content (AvgIpc) is 3.19. The summed E-state index contributed by atoms with van der Waals surface area (Å²) in [4.78, 5) is 0. The van der Waals surface area contributed by atoms with Crippen molar-refractivity contribution in [2.75, 3.05) is 0 Å². The maximum Gasteiger partial charge on any atom is 0.408 e. The van der Waals surface area contributed by atoms with Crippen molar-refractivity contribution < 1.29 is 21.6 Å². The van der Waals surface area contributed by atoms with E-state index in [-0.39, 0.29) is 23.1 Å². The predicted molar refractivity (Wildman–Crippen MR) is 134 cm³/mol. The van der Waals surface area contributed by atoms with Gasteiger partial charge in [0.2, 0.25) is 10.0 Å². The van der Waals surface area contributed by atoms with Gasteiger partial charge in [0, 0.05) is 39.6 Å². The molecule has 0 aliphatic rings. The van der Waals surface area contributed by atoms with Crippen LogP contribution in [0.2, 0.25) is 5.02 Å². The first kappa shape index (κ1) is 25.5. The van der Waals surface area contributed by atoms with Crippen LogP contribution >= 0.6 is 11.6 Å². The molecule has 36 heavy (non-hydrogen) atoms. The molecule has 10 heteroatoms. The van der Waals surface area contributed by atoms with Crippen LogP contribution in [-0.2, 0) is 16.6 Å². The number of nitrogens with one attached hydrogen (secondary N) is 1. The summed E-state index contributed by atoms with van der Waals surface area (Å²) in [6.07, 6.45) is -2.44. The Kier molecular flexibility index (Phi) is 7.22. The van der Waals surface area contributed by atoms with Crippen LogP contribution in [0, 0.1) is 11.3 Å². The van der Waals surface area contributed by atoms with Crippen molar-refractivity contribution in [1.29, 1.82) is 5.26 Å². The SMILES string of the molecule is N#Cc1ccc2c(C(NS(=O)(=O)/C=C/c3ccccc3)C(F)(F)F)cn(Cc3ccc(Cl)cc3)c2c1. The Morgan fingerprint density at radius 3 is 2.39 bits per heavy atom. The normalized spacial score (nSPS) is 13.2. The number of aromatic nitrogens is 1. The Morgan fingerprint density at radius 2 is 1.75 bits per heavy atom. The lowest BCUT2D eigenvalue weighted by atomic mass is 10.0. The molecule has 0 aliphatic carbocycles. The van der Waals surface area contributed by atoms with Gasteiger partial charge in [0.25, 0.3) is 0 Å².